The SMILES string of the molecule is CN(C)Cc1cnc(C2(CN)CC2)s1. The highest BCUT2D eigenvalue weighted by Gasteiger charge is 2.45. The van der Waals surface area contributed by atoms with Gasteiger partial charge in [0.25, 0.3) is 0 Å². The Balaban J connectivity index is 2.10. The predicted molar refractivity (Wildman–Crippen MR) is 59.5 cm³/mol. The van der Waals surface area contributed by atoms with E-state index in [1.165, 1.54) is 22.7 Å². The molecule has 1 aromatic rings. The van der Waals surface area contributed by atoms with Gasteiger partial charge in [0.2, 0.25) is 0 Å². The van der Waals surface area contributed by atoms with Gasteiger partial charge in [0.05, 0.1) is 0 Å². The minimum atomic E-state index is 0.259. The van der Waals surface area contributed by atoms with Crippen molar-refractivity contribution in [2.75, 3.05) is 20.6 Å². The number of rotatable bonds is 4. The monoisotopic (exact) mass is 211 g/mol. The topological polar surface area (TPSA) is 42.2 Å². The fraction of sp³-hybridized carbons (Fsp3) is 0.700. The zero-order valence-electron chi connectivity index (χ0n) is 8.79. The van der Waals surface area contributed by atoms with E-state index in [2.05, 4.69) is 24.0 Å². The van der Waals surface area contributed by atoms with Crippen molar-refractivity contribution in [3.8, 4) is 0 Å². The van der Waals surface area contributed by atoms with Crippen molar-refractivity contribution in [2.45, 2.75) is 24.8 Å². The van der Waals surface area contributed by atoms with Crippen molar-refractivity contribution in [1.82, 2.24) is 9.88 Å². The molecule has 0 unspecified atom stereocenters. The lowest BCUT2D eigenvalue weighted by Crippen LogP contribution is -2.19. The number of hydrogen-bond donors (Lipinski definition) is 1. The lowest BCUT2D eigenvalue weighted by Gasteiger charge is -2.07. The van der Waals surface area contributed by atoms with Gasteiger partial charge in [-0.05, 0) is 26.9 Å². The third kappa shape index (κ3) is 1.82. The van der Waals surface area contributed by atoms with Crippen LogP contribution in [0.3, 0.4) is 0 Å². The number of thiazole rings is 1. The Bertz CT molecular complexity index is 315. The summed E-state index contributed by atoms with van der Waals surface area (Å²) in [4.78, 5) is 7.99. The number of aromatic nitrogens is 1. The first-order valence-electron chi connectivity index (χ1n) is 4.96. The van der Waals surface area contributed by atoms with Crippen LogP contribution in [-0.4, -0.2) is 30.5 Å². The summed E-state index contributed by atoms with van der Waals surface area (Å²) >= 11 is 1.82. The van der Waals surface area contributed by atoms with Crippen LogP contribution in [0.5, 0.6) is 0 Å². The molecule has 1 heterocycles. The third-order valence-electron chi connectivity index (χ3n) is 2.72. The highest BCUT2D eigenvalue weighted by Crippen LogP contribution is 2.48. The quantitative estimate of drug-likeness (QED) is 0.813. The fourth-order valence-corrected chi connectivity index (χ4v) is 2.88. The van der Waals surface area contributed by atoms with Gasteiger partial charge >= 0.3 is 0 Å². The zero-order chi connectivity index (χ0) is 10.2. The van der Waals surface area contributed by atoms with Gasteiger partial charge < -0.3 is 10.6 Å². The molecule has 0 radical (unpaired) electrons. The standard InChI is InChI=1S/C10H17N3S/c1-13(2)6-8-5-12-9(14-8)10(7-11)3-4-10/h5H,3-4,6-7,11H2,1-2H3. The lowest BCUT2D eigenvalue weighted by molar-refractivity contribution is 0.406. The Hall–Kier alpha value is -0.450. The number of nitrogens with zero attached hydrogens (tertiary/aromatic N) is 2. The van der Waals surface area contributed by atoms with Crippen LogP contribution in [-0.2, 0) is 12.0 Å². The molecule has 0 atom stereocenters. The Labute approximate surface area is 88.9 Å². The van der Waals surface area contributed by atoms with E-state index in [1.54, 1.807) is 0 Å². The normalized spacial score (nSPS) is 18.9. The molecule has 1 saturated carbocycles. The maximum atomic E-state index is 5.77. The molecule has 4 heteroatoms. The second-order valence-electron chi connectivity index (χ2n) is 4.35. The number of hydrogen-bond acceptors (Lipinski definition) is 4. The minimum Gasteiger partial charge on any atom is -0.329 e. The van der Waals surface area contributed by atoms with E-state index < -0.39 is 0 Å². The summed E-state index contributed by atoms with van der Waals surface area (Å²) in [5.74, 6) is 0. The van der Waals surface area contributed by atoms with E-state index in [9.17, 15) is 0 Å². The molecular formula is C10H17N3S. The molecule has 78 valence electrons. The Morgan fingerprint density at radius 2 is 2.29 bits per heavy atom. The average molecular weight is 211 g/mol. The second kappa shape index (κ2) is 3.61. The molecule has 1 aliphatic rings. The van der Waals surface area contributed by atoms with Crippen LogP contribution >= 0.6 is 11.3 Å². The molecule has 0 amide bonds. The van der Waals surface area contributed by atoms with E-state index in [1.807, 2.05) is 17.5 Å². The molecule has 14 heavy (non-hydrogen) atoms. The molecular weight excluding hydrogens is 194 g/mol. The molecule has 1 fully saturated rings. The molecule has 0 aliphatic heterocycles. The molecule has 0 spiro atoms. The van der Waals surface area contributed by atoms with Crippen LogP contribution in [0.1, 0.15) is 22.7 Å². The Morgan fingerprint density at radius 1 is 1.57 bits per heavy atom. The summed E-state index contributed by atoms with van der Waals surface area (Å²) < 4.78 is 0. The molecule has 2 rings (SSSR count). The summed E-state index contributed by atoms with van der Waals surface area (Å²) in [6.07, 6.45) is 4.44. The van der Waals surface area contributed by atoms with Crippen LogP contribution in [0.4, 0.5) is 0 Å². The van der Waals surface area contributed by atoms with E-state index in [-0.39, 0.29) is 5.41 Å². The third-order valence-corrected chi connectivity index (χ3v) is 3.95. The second-order valence-corrected chi connectivity index (χ2v) is 5.47. The zero-order valence-corrected chi connectivity index (χ0v) is 9.60. The van der Waals surface area contributed by atoms with Crippen LogP contribution < -0.4 is 5.73 Å². The van der Waals surface area contributed by atoms with Gasteiger partial charge in [-0.25, -0.2) is 4.98 Å². The van der Waals surface area contributed by atoms with E-state index in [0.29, 0.717) is 0 Å². The highest BCUT2D eigenvalue weighted by molar-refractivity contribution is 7.11. The van der Waals surface area contributed by atoms with E-state index >= 15 is 0 Å². The van der Waals surface area contributed by atoms with Crippen molar-refractivity contribution in [3.05, 3.63) is 16.1 Å². The minimum absolute atomic E-state index is 0.259. The molecule has 1 aliphatic carbocycles. The highest BCUT2D eigenvalue weighted by atomic mass is 32.1. The van der Waals surface area contributed by atoms with Gasteiger partial charge in [-0.15, -0.1) is 11.3 Å². The van der Waals surface area contributed by atoms with Gasteiger partial charge in [-0.3, -0.25) is 0 Å². The summed E-state index contributed by atoms with van der Waals surface area (Å²) in [5, 5.41) is 1.25. The molecule has 2 N–H and O–H groups in total. The summed E-state index contributed by atoms with van der Waals surface area (Å²) in [5.41, 5.74) is 6.03. The van der Waals surface area contributed by atoms with E-state index in [0.717, 1.165) is 13.1 Å². The first-order valence-corrected chi connectivity index (χ1v) is 5.78. The maximum Gasteiger partial charge on any atom is 0.100 e. The van der Waals surface area contributed by atoms with Crippen molar-refractivity contribution >= 4 is 11.3 Å². The molecule has 1 aromatic heterocycles. The average Bonchev–Trinajstić information content (AvgIpc) is 2.81. The molecule has 0 bridgehead atoms. The number of nitrogens with two attached hydrogens (primary N) is 1. The summed E-state index contributed by atoms with van der Waals surface area (Å²) in [7, 11) is 4.16. The maximum absolute atomic E-state index is 5.77. The fourth-order valence-electron chi connectivity index (χ4n) is 1.59. The lowest BCUT2D eigenvalue weighted by atomic mass is 10.1. The van der Waals surface area contributed by atoms with Crippen LogP contribution in [0.2, 0.25) is 0 Å². The molecule has 0 saturated heterocycles. The first kappa shape index (κ1) is 10.1. The largest absolute Gasteiger partial charge is 0.329 e. The summed E-state index contributed by atoms with van der Waals surface area (Å²) in [6, 6.07) is 0. The molecule has 0 aromatic carbocycles. The van der Waals surface area contributed by atoms with Crippen LogP contribution in [0, 0.1) is 0 Å². The van der Waals surface area contributed by atoms with Gasteiger partial charge in [0.1, 0.15) is 5.01 Å². The van der Waals surface area contributed by atoms with Gasteiger partial charge in [0, 0.05) is 29.6 Å². The Morgan fingerprint density at radius 3 is 2.79 bits per heavy atom. The first-order chi connectivity index (χ1) is 6.66. The van der Waals surface area contributed by atoms with Gasteiger partial charge in [-0.1, -0.05) is 0 Å². The van der Waals surface area contributed by atoms with Crippen molar-refractivity contribution in [2.24, 2.45) is 5.73 Å². The summed E-state index contributed by atoms with van der Waals surface area (Å²) in [6.45, 7) is 1.74. The Kier molecular flexibility index (Phi) is 2.60. The predicted octanol–water partition coefficient (Wildman–Crippen LogP) is 1.19. The van der Waals surface area contributed by atoms with Crippen LogP contribution in [0.15, 0.2) is 6.20 Å². The van der Waals surface area contributed by atoms with Gasteiger partial charge in [-0.2, -0.15) is 0 Å². The van der Waals surface area contributed by atoms with Crippen LogP contribution in [0.25, 0.3) is 0 Å². The smallest absolute Gasteiger partial charge is 0.100 e. The van der Waals surface area contributed by atoms with Crippen molar-refractivity contribution in [3.63, 3.8) is 0 Å². The van der Waals surface area contributed by atoms with Crippen molar-refractivity contribution in [1.29, 1.82) is 0 Å². The van der Waals surface area contributed by atoms with E-state index in [4.69, 9.17) is 5.73 Å². The van der Waals surface area contributed by atoms with Crippen molar-refractivity contribution < 1.29 is 0 Å². The molecule has 3 nitrogen and oxygen atoms in total. The van der Waals surface area contributed by atoms with Gasteiger partial charge in [0.15, 0.2) is 0 Å².